The number of aryl methyl sites for hydroxylation is 1. The van der Waals surface area contributed by atoms with Gasteiger partial charge in [-0.15, -0.1) is 0 Å². The first kappa shape index (κ1) is 25.7. The molecule has 0 spiro atoms. The Bertz CT molecular complexity index is 1790. The molecule has 5 aromatic rings. The highest BCUT2D eigenvalue weighted by molar-refractivity contribution is 6.05. The molecule has 0 bridgehead atoms. The van der Waals surface area contributed by atoms with Crippen molar-refractivity contribution >= 4 is 22.6 Å². The summed E-state index contributed by atoms with van der Waals surface area (Å²) in [5.74, 6) is -0.596. The molecule has 2 N–H and O–H groups in total. The molecule has 1 saturated carbocycles. The Morgan fingerprint density at radius 2 is 1.73 bits per heavy atom. The van der Waals surface area contributed by atoms with E-state index in [9.17, 15) is 18.4 Å². The monoisotopic (exact) mass is 538 g/mol. The van der Waals surface area contributed by atoms with Crippen LogP contribution in [0.15, 0.2) is 77.9 Å². The zero-order chi connectivity index (χ0) is 28.0. The maximum atomic E-state index is 13.9. The van der Waals surface area contributed by atoms with Gasteiger partial charge in [0, 0.05) is 30.6 Å². The number of carbonyl (C=O) groups is 1. The average Bonchev–Trinajstić information content (AvgIpc) is 3.68. The third-order valence-electron chi connectivity index (χ3n) is 7.61. The molecule has 1 fully saturated rings. The van der Waals surface area contributed by atoms with Crippen LogP contribution in [-0.4, -0.2) is 20.4 Å². The maximum absolute atomic E-state index is 13.9. The lowest BCUT2D eigenvalue weighted by molar-refractivity contribution is -0.117. The molecule has 40 heavy (non-hydrogen) atoms. The van der Waals surface area contributed by atoms with Crippen LogP contribution < -0.4 is 10.9 Å². The molecule has 1 aliphatic carbocycles. The van der Waals surface area contributed by atoms with Crippen LogP contribution in [0, 0.1) is 17.6 Å². The molecule has 6 nitrogen and oxygen atoms in total. The smallest absolute Gasteiger partial charge is 0.260 e. The van der Waals surface area contributed by atoms with Crippen LogP contribution in [0.25, 0.3) is 33.3 Å². The summed E-state index contributed by atoms with van der Waals surface area (Å²) in [5, 5.41) is 3.41. The number of pyridine rings is 2. The average molecular weight is 539 g/mol. The molecule has 6 rings (SSSR count). The fourth-order valence-corrected chi connectivity index (χ4v) is 5.19. The van der Waals surface area contributed by atoms with Gasteiger partial charge in [0.15, 0.2) is 0 Å². The van der Waals surface area contributed by atoms with Gasteiger partial charge in [-0.1, -0.05) is 24.3 Å². The maximum Gasteiger partial charge on any atom is 0.260 e. The number of nitrogens with one attached hydrogen (secondary N) is 2. The summed E-state index contributed by atoms with van der Waals surface area (Å²) in [6.07, 6.45) is 6.70. The minimum Gasteiger partial charge on any atom is -0.354 e. The SMILES string of the molecule is CC(C(=O)Nc1cc(-c2[nH]c3c(CC4CC4)cn(C)c(=O)c3c2-c2ccc(F)cc2)ccn1)c1ccc(F)cc1. The highest BCUT2D eigenvalue weighted by Gasteiger charge is 2.26. The Morgan fingerprint density at radius 1 is 1.05 bits per heavy atom. The van der Waals surface area contributed by atoms with Crippen LogP contribution in [0.5, 0.6) is 0 Å². The molecular weight excluding hydrogens is 510 g/mol. The zero-order valence-electron chi connectivity index (χ0n) is 22.2. The number of rotatable bonds is 7. The number of nitrogens with zero attached hydrogens (tertiary/aromatic N) is 2. The van der Waals surface area contributed by atoms with E-state index in [1.165, 1.54) is 37.1 Å². The van der Waals surface area contributed by atoms with Gasteiger partial charge in [-0.25, -0.2) is 13.8 Å². The van der Waals surface area contributed by atoms with Crippen LogP contribution in [0.2, 0.25) is 0 Å². The van der Waals surface area contributed by atoms with Gasteiger partial charge in [0.25, 0.3) is 5.56 Å². The molecule has 0 aliphatic heterocycles. The number of hydrogen-bond donors (Lipinski definition) is 2. The summed E-state index contributed by atoms with van der Waals surface area (Å²) in [4.78, 5) is 34.4. The number of amides is 1. The number of aromatic nitrogens is 3. The molecular formula is C32H28F2N4O2. The molecule has 202 valence electrons. The molecule has 3 aromatic heterocycles. The Hall–Kier alpha value is -4.59. The van der Waals surface area contributed by atoms with E-state index in [-0.39, 0.29) is 23.1 Å². The van der Waals surface area contributed by atoms with Gasteiger partial charge in [0.2, 0.25) is 5.91 Å². The predicted molar refractivity (Wildman–Crippen MR) is 152 cm³/mol. The lowest BCUT2D eigenvalue weighted by atomic mass is 9.98. The zero-order valence-corrected chi connectivity index (χ0v) is 22.2. The van der Waals surface area contributed by atoms with Crippen molar-refractivity contribution in [3.8, 4) is 22.4 Å². The molecule has 1 aliphatic rings. The molecule has 1 unspecified atom stereocenters. The van der Waals surface area contributed by atoms with Crippen molar-refractivity contribution in [3.63, 3.8) is 0 Å². The van der Waals surface area contributed by atoms with E-state index in [1.807, 2.05) is 12.3 Å². The highest BCUT2D eigenvalue weighted by Crippen LogP contribution is 2.40. The highest BCUT2D eigenvalue weighted by atomic mass is 19.1. The molecule has 1 amide bonds. The van der Waals surface area contributed by atoms with Gasteiger partial charge < -0.3 is 14.9 Å². The van der Waals surface area contributed by atoms with Gasteiger partial charge in [-0.3, -0.25) is 9.59 Å². The second kappa shape index (κ2) is 10.2. The summed E-state index contributed by atoms with van der Waals surface area (Å²) >= 11 is 0. The van der Waals surface area contributed by atoms with E-state index < -0.39 is 5.92 Å². The third-order valence-corrected chi connectivity index (χ3v) is 7.61. The number of benzene rings is 2. The number of hydrogen-bond acceptors (Lipinski definition) is 3. The minimum absolute atomic E-state index is 0.146. The summed E-state index contributed by atoms with van der Waals surface area (Å²) in [6.45, 7) is 1.74. The van der Waals surface area contributed by atoms with Crippen molar-refractivity contribution in [2.24, 2.45) is 13.0 Å². The largest absolute Gasteiger partial charge is 0.354 e. The van der Waals surface area contributed by atoms with Crippen molar-refractivity contribution in [1.29, 1.82) is 0 Å². The Labute approximate surface area is 229 Å². The fraction of sp³-hybridized carbons (Fsp3) is 0.219. The first-order valence-corrected chi connectivity index (χ1v) is 13.3. The van der Waals surface area contributed by atoms with Crippen molar-refractivity contribution in [1.82, 2.24) is 14.5 Å². The van der Waals surface area contributed by atoms with Crippen molar-refractivity contribution in [3.05, 3.63) is 106 Å². The van der Waals surface area contributed by atoms with Crippen molar-refractivity contribution < 1.29 is 13.6 Å². The fourth-order valence-electron chi connectivity index (χ4n) is 5.19. The van der Waals surface area contributed by atoms with Crippen molar-refractivity contribution in [2.75, 3.05) is 5.32 Å². The number of halogens is 2. The van der Waals surface area contributed by atoms with E-state index in [4.69, 9.17) is 0 Å². The first-order chi connectivity index (χ1) is 19.3. The van der Waals surface area contributed by atoms with E-state index in [1.54, 1.807) is 55.1 Å². The summed E-state index contributed by atoms with van der Waals surface area (Å²) in [6, 6.07) is 15.5. The van der Waals surface area contributed by atoms with Gasteiger partial charge in [-0.05, 0) is 85.2 Å². The van der Waals surface area contributed by atoms with Crippen LogP contribution >= 0.6 is 0 Å². The topological polar surface area (TPSA) is 79.8 Å². The minimum atomic E-state index is -0.526. The van der Waals surface area contributed by atoms with Gasteiger partial charge >= 0.3 is 0 Å². The van der Waals surface area contributed by atoms with Crippen LogP contribution in [0.4, 0.5) is 14.6 Å². The molecule has 1 atom stereocenters. The number of aromatic amines is 1. The van der Waals surface area contributed by atoms with E-state index in [0.717, 1.165) is 23.1 Å². The Morgan fingerprint density at radius 3 is 2.40 bits per heavy atom. The number of anilines is 1. The lowest BCUT2D eigenvalue weighted by Crippen LogP contribution is -2.19. The Balaban J connectivity index is 1.45. The van der Waals surface area contributed by atoms with Crippen LogP contribution in [0.3, 0.4) is 0 Å². The Kier molecular flexibility index (Phi) is 6.54. The van der Waals surface area contributed by atoms with Crippen LogP contribution in [0.1, 0.15) is 36.8 Å². The van der Waals surface area contributed by atoms with Gasteiger partial charge in [-0.2, -0.15) is 0 Å². The number of H-pyrrole nitrogens is 1. The second-order valence-corrected chi connectivity index (χ2v) is 10.5. The van der Waals surface area contributed by atoms with Crippen molar-refractivity contribution in [2.45, 2.75) is 32.1 Å². The van der Waals surface area contributed by atoms with E-state index >= 15 is 0 Å². The van der Waals surface area contributed by atoms with Gasteiger partial charge in [0.1, 0.15) is 17.5 Å². The van der Waals surface area contributed by atoms with Gasteiger partial charge in [0.05, 0.1) is 22.5 Å². The third kappa shape index (κ3) is 4.93. The predicted octanol–water partition coefficient (Wildman–Crippen LogP) is 6.57. The molecule has 8 heteroatoms. The number of fused-ring (bicyclic) bond motifs is 1. The molecule has 3 heterocycles. The quantitative estimate of drug-likeness (QED) is 0.246. The molecule has 2 aromatic carbocycles. The van der Waals surface area contributed by atoms with E-state index in [2.05, 4.69) is 15.3 Å². The second-order valence-electron chi connectivity index (χ2n) is 10.5. The molecule has 0 saturated heterocycles. The summed E-state index contributed by atoms with van der Waals surface area (Å²) < 4.78 is 28.8. The van der Waals surface area contributed by atoms with Crippen LogP contribution in [-0.2, 0) is 18.3 Å². The van der Waals surface area contributed by atoms with E-state index in [0.29, 0.717) is 39.5 Å². The summed E-state index contributed by atoms with van der Waals surface area (Å²) in [5.41, 5.74) is 5.16. The molecule has 0 radical (unpaired) electrons. The normalized spacial score (nSPS) is 13.9. The lowest BCUT2D eigenvalue weighted by Gasteiger charge is -2.13. The first-order valence-electron chi connectivity index (χ1n) is 13.3. The standard InChI is InChI=1S/C32H28F2N4O2/c1-18(20-5-9-24(33)10-6-20)31(39)36-26-16-22(13-14-35-26)29-27(21-7-11-25(34)12-8-21)28-30(37-29)23(15-19-3-4-19)17-38(2)32(28)40/h5-14,16-19,37H,3-4,15H2,1-2H3,(H,35,36,39). The number of carbonyl (C=O) groups excluding carboxylic acids is 1. The summed E-state index contributed by atoms with van der Waals surface area (Å²) in [7, 11) is 1.75.